The van der Waals surface area contributed by atoms with Crippen LogP contribution in [0, 0.1) is 18.7 Å². The molecule has 1 aliphatic heterocycles. The molecule has 0 aliphatic carbocycles. The SMILES string of the molecule is Cc1cc(F)cc(-c2noc(CCC3CCNCC3)n2)c1. The van der Waals surface area contributed by atoms with Gasteiger partial charge in [0, 0.05) is 12.0 Å². The highest BCUT2D eigenvalue weighted by atomic mass is 19.1. The molecule has 0 saturated carbocycles. The molecule has 0 radical (unpaired) electrons. The third-order valence-corrected chi connectivity index (χ3v) is 3.99. The molecule has 4 nitrogen and oxygen atoms in total. The monoisotopic (exact) mass is 289 g/mol. The summed E-state index contributed by atoms with van der Waals surface area (Å²) in [4.78, 5) is 4.39. The van der Waals surface area contributed by atoms with Gasteiger partial charge >= 0.3 is 0 Å². The van der Waals surface area contributed by atoms with E-state index in [4.69, 9.17) is 4.52 Å². The minimum Gasteiger partial charge on any atom is -0.339 e. The van der Waals surface area contributed by atoms with Crippen LogP contribution in [0.1, 0.15) is 30.7 Å². The van der Waals surface area contributed by atoms with Gasteiger partial charge in [0.1, 0.15) is 5.82 Å². The van der Waals surface area contributed by atoms with Crippen LogP contribution >= 0.6 is 0 Å². The predicted octanol–water partition coefficient (Wildman–Crippen LogP) is 3.12. The van der Waals surface area contributed by atoms with E-state index in [9.17, 15) is 4.39 Å². The fraction of sp³-hybridized carbons (Fsp3) is 0.500. The van der Waals surface area contributed by atoms with Gasteiger partial charge in [-0.2, -0.15) is 4.98 Å². The molecule has 1 saturated heterocycles. The zero-order chi connectivity index (χ0) is 14.7. The maximum absolute atomic E-state index is 13.4. The molecule has 2 heterocycles. The van der Waals surface area contributed by atoms with Crippen molar-refractivity contribution in [3.05, 3.63) is 35.5 Å². The molecule has 112 valence electrons. The molecule has 0 atom stereocenters. The quantitative estimate of drug-likeness (QED) is 0.939. The van der Waals surface area contributed by atoms with Crippen LogP contribution in [0.5, 0.6) is 0 Å². The predicted molar refractivity (Wildman–Crippen MR) is 78.3 cm³/mol. The van der Waals surface area contributed by atoms with Crippen LogP contribution in [0.25, 0.3) is 11.4 Å². The van der Waals surface area contributed by atoms with Crippen LogP contribution in [-0.4, -0.2) is 23.2 Å². The molecule has 1 N–H and O–H groups in total. The molecule has 0 unspecified atom stereocenters. The van der Waals surface area contributed by atoms with Crippen molar-refractivity contribution >= 4 is 0 Å². The van der Waals surface area contributed by atoms with E-state index in [2.05, 4.69) is 15.5 Å². The average Bonchev–Trinajstić information content (AvgIpc) is 2.94. The fourth-order valence-electron chi connectivity index (χ4n) is 2.84. The number of nitrogens with zero attached hydrogens (tertiary/aromatic N) is 2. The van der Waals surface area contributed by atoms with Crippen LogP contribution in [0.4, 0.5) is 4.39 Å². The van der Waals surface area contributed by atoms with Crippen molar-refractivity contribution in [2.75, 3.05) is 13.1 Å². The molecule has 1 fully saturated rings. The molecule has 5 heteroatoms. The Bertz CT molecular complexity index is 585. The highest BCUT2D eigenvalue weighted by Gasteiger charge is 2.15. The molecule has 21 heavy (non-hydrogen) atoms. The number of aryl methyl sites for hydroxylation is 2. The Hall–Kier alpha value is -1.75. The van der Waals surface area contributed by atoms with Gasteiger partial charge in [-0.05, 0) is 69.0 Å². The van der Waals surface area contributed by atoms with Gasteiger partial charge in [-0.1, -0.05) is 5.16 Å². The second kappa shape index (κ2) is 6.35. The number of nitrogens with one attached hydrogen (secondary N) is 1. The Balaban J connectivity index is 1.65. The molecular weight excluding hydrogens is 269 g/mol. The van der Waals surface area contributed by atoms with E-state index >= 15 is 0 Å². The minimum atomic E-state index is -0.272. The van der Waals surface area contributed by atoms with E-state index in [-0.39, 0.29) is 5.82 Å². The molecule has 1 aromatic heterocycles. The first-order valence-corrected chi connectivity index (χ1v) is 7.51. The van der Waals surface area contributed by atoms with Crippen molar-refractivity contribution in [1.82, 2.24) is 15.5 Å². The smallest absolute Gasteiger partial charge is 0.226 e. The summed E-state index contributed by atoms with van der Waals surface area (Å²) in [5, 5.41) is 7.33. The van der Waals surface area contributed by atoms with Crippen molar-refractivity contribution in [2.24, 2.45) is 5.92 Å². The Labute approximate surface area is 123 Å². The first-order chi connectivity index (χ1) is 10.2. The molecular formula is C16H20FN3O. The Kier molecular flexibility index (Phi) is 4.29. The summed E-state index contributed by atoms with van der Waals surface area (Å²) in [6.07, 6.45) is 4.30. The highest BCUT2D eigenvalue weighted by molar-refractivity contribution is 5.55. The number of hydrogen-bond donors (Lipinski definition) is 1. The first-order valence-electron chi connectivity index (χ1n) is 7.51. The molecule has 2 aromatic rings. The number of hydrogen-bond acceptors (Lipinski definition) is 4. The normalized spacial score (nSPS) is 16.3. The standard InChI is InChI=1S/C16H20FN3O/c1-11-8-13(10-14(17)9-11)16-19-15(21-20-16)3-2-12-4-6-18-7-5-12/h8-10,12,18H,2-7H2,1H3. The lowest BCUT2D eigenvalue weighted by atomic mass is 9.93. The third kappa shape index (κ3) is 3.67. The Morgan fingerprint density at radius 2 is 2.10 bits per heavy atom. The summed E-state index contributed by atoms with van der Waals surface area (Å²) >= 11 is 0. The number of piperidine rings is 1. The van der Waals surface area contributed by atoms with Crippen LogP contribution < -0.4 is 5.32 Å². The van der Waals surface area contributed by atoms with Crippen molar-refractivity contribution in [2.45, 2.75) is 32.6 Å². The van der Waals surface area contributed by atoms with Crippen LogP contribution in [0.2, 0.25) is 0 Å². The summed E-state index contributed by atoms with van der Waals surface area (Å²) in [6.45, 7) is 4.05. The lowest BCUT2D eigenvalue weighted by Crippen LogP contribution is -2.27. The second-order valence-corrected chi connectivity index (χ2v) is 5.76. The molecule has 1 aromatic carbocycles. The van der Waals surface area contributed by atoms with Crippen LogP contribution in [0.15, 0.2) is 22.7 Å². The number of benzene rings is 1. The summed E-state index contributed by atoms with van der Waals surface area (Å²) in [5.41, 5.74) is 1.52. The topological polar surface area (TPSA) is 51.0 Å². The van der Waals surface area contributed by atoms with Gasteiger partial charge in [0.2, 0.25) is 11.7 Å². The molecule has 3 rings (SSSR count). The minimum absolute atomic E-state index is 0.272. The number of halogens is 1. The largest absolute Gasteiger partial charge is 0.339 e. The summed E-state index contributed by atoms with van der Waals surface area (Å²) in [5.74, 6) is 1.58. The molecule has 0 amide bonds. The van der Waals surface area contributed by atoms with Crippen molar-refractivity contribution in [1.29, 1.82) is 0 Å². The first kappa shape index (κ1) is 14.2. The maximum atomic E-state index is 13.4. The van der Waals surface area contributed by atoms with Gasteiger partial charge in [0.25, 0.3) is 0 Å². The molecule has 0 spiro atoms. The highest BCUT2D eigenvalue weighted by Crippen LogP contribution is 2.21. The van der Waals surface area contributed by atoms with E-state index < -0.39 is 0 Å². The fourth-order valence-corrected chi connectivity index (χ4v) is 2.84. The second-order valence-electron chi connectivity index (χ2n) is 5.76. The van der Waals surface area contributed by atoms with E-state index in [1.165, 1.54) is 25.0 Å². The van der Waals surface area contributed by atoms with Gasteiger partial charge < -0.3 is 9.84 Å². The van der Waals surface area contributed by atoms with E-state index in [1.807, 2.05) is 13.0 Å². The zero-order valence-corrected chi connectivity index (χ0v) is 12.2. The van der Waals surface area contributed by atoms with Gasteiger partial charge in [0.15, 0.2) is 0 Å². The lowest BCUT2D eigenvalue weighted by Gasteiger charge is -2.21. The zero-order valence-electron chi connectivity index (χ0n) is 12.2. The van der Waals surface area contributed by atoms with Crippen molar-refractivity contribution in [3.63, 3.8) is 0 Å². The van der Waals surface area contributed by atoms with E-state index in [0.29, 0.717) is 17.3 Å². The van der Waals surface area contributed by atoms with Gasteiger partial charge in [-0.15, -0.1) is 0 Å². The van der Waals surface area contributed by atoms with Gasteiger partial charge in [-0.3, -0.25) is 0 Å². The van der Waals surface area contributed by atoms with Crippen LogP contribution in [0.3, 0.4) is 0 Å². The Morgan fingerprint density at radius 3 is 2.86 bits per heavy atom. The van der Waals surface area contributed by atoms with E-state index in [1.54, 1.807) is 0 Å². The molecule has 0 bridgehead atoms. The summed E-state index contributed by atoms with van der Waals surface area (Å²) < 4.78 is 18.7. The Morgan fingerprint density at radius 1 is 1.29 bits per heavy atom. The number of rotatable bonds is 4. The van der Waals surface area contributed by atoms with Crippen LogP contribution in [-0.2, 0) is 6.42 Å². The van der Waals surface area contributed by atoms with Crippen molar-refractivity contribution < 1.29 is 8.91 Å². The maximum Gasteiger partial charge on any atom is 0.226 e. The number of aromatic nitrogens is 2. The van der Waals surface area contributed by atoms with Crippen molar-refractivity contribution in [3.8, 4) is 11.4 Å². The summed E-state index contributed by atoms with van der Waals surface area (Å²) in [6, 6.07) is 4.79. The summed E-state index contributed by atoms with van der Waals surface area (Å²) in [7, 11) is 0. The van der Waals surface area contributed by atoms with E-state index in [0.717, 1.165) is 37.4 Å². The lowest BCUT2D eigenvalue weighted by molar-refractivity contribution is 0.324. The van der Waals surface area contributed by atoms with Gasteiger partial charge in [-0.25, -0.2) is 4.39 Å². The van der Waals surface area contributed by atoms with Gasteiger partial charge in [0.05, 0.1) is 0 Å². The average molecular weight is 289 g/mol. The third-order valence-electron chi connectivity index (χ3n) is 3.99. The molecule has 1 aliphatic rings.